The summed E-state index contributed by atoms with van der Waals surface area (Å²) in [5, 5.41) is 0. The maximum Gasteiger partial charge on any atom is 0.138 e. The van der Waals surface area contributed by atoms with Crippen molar-refractivity contribution in [2.75, 3.05) is 0 Å². The number of nitrogens with one attached hydrogen (secondary N) is 1. The highest BCUT2D eigenvalue weighted by atomic mass is 14.9. The molecule has 0 aliphatic heterocycles. The number of benzene rings is 2. The van der Waals surface area contributed by atoms with E-state index in [1.54, 1.807) is 0 Å². The van der Waals surface area contributed by atoms with Gasteiger partial charge < -0.3 is 4.98 Å². The van der Waals surface area contributed by atoms with Crippen LogP contribution in [0.2, 0.25) is 0 Å². The SMILES string of the molecule is Cc1ccc(-c2nc3c(C)cc(C)cc3[nH]2)c(C)c1. The zero-order valence-corrected chi connectivity index (χ0v) is 11.8. The van der Waals surface area contributed by atoms with Crippen LogP contribution in [0.25, 0.3) is 22.4 Å². The highest BCUT2D eigenvalue weighted by Crippen LogP contribution is 2.26. The fourth-order valence-electron chi connectivity index (χ4n) is 2.68. The van der Waals surface area contributed by atoms with Crippen LogP contribution in [-0.4, -0.2) is 9.97 Å². The largest absolute Gasteiger partial charge is 0.338 e. The Kier molecular flexibility index (Phi) is 2.67. The Morgan fingerprint density at radius 1 is 0.842 bits per heavy atom. The van der Waals surface area contributed by atoms with Crippen LogP contribution in [0.5, 0.6) is 0 Å². The molecule has 0 unspecified atom stereocenters. The lowest BCUT2D eigenvalue weighted by molar-refractivity contribution is 1.29. The summed E-state index contributed by atoms with van der Waals surface area (Å²) in [6.45, 7) is 8.47. The molecular formula is C17H18N2. The van der Waals surface area contributed by atoms with Gasteiger partial charge in [-0.25, -0.2) is 4.98 Å². The van der Waals surface area contributed by atoms with E-state index in [9.17, 15) is 0 Å². The lowest BCUT2D eigenvalue weighted by atomic mass is 10.1. The van der Waals surface area contributed by atoms with Crippen molar-refractivity contribution in [3.63, 3.8) is 0 Å². The van der Waals surface area contributed by atoms with Gasteiger partial charge in [-0.3, -0.25) is 0 Å². The first-order valence-corrected chi connectivity index (χ1v) is 6.59. The monoisotopic (exact) mass is 250 g/mol. The van der Waals surface area contributed by atoms with E-state index in [-0.39, 0.29) is 0 Å². The number of hydrogen-bond donors (Lipinski definition) is 1. The van der Waals surface area contributed by atoms with Crippen molar-refractivity contribution in [1.82, 2.24) is 9.97 Å². The van der Waals surface area contributed by atoms with Crippen LogP contribution in [-0.2, 0) is 0 Å². The predicted molar refractivity (Wildman–Crippen MR) is 80.5 cm³/mol. The normalized spacial score (nSPS) is 11.2. The molecule has 2 heteroatoms. The molecule has 1 heterocycles. The maximum atomic E-state index is 4.76. The summed E-state index contributed by atoms with van der Waals surface area (Å²) in [7, 11) is 0. The van der Waals surface area contributed by atoms with Crippen molar-refractivity contribution in [3.05, 3.63) is 52.6 Å². The van der Waals surface area contributed by atoms with Crippen molar-refractivity contribution >= 4 is 11.0 Å². The summed E-state index contributed by atoms with van der Waals surface area (Å²) in [6, 6.07) is 10.8. The van der Waals surface area contributed by atoms with Gasteiger partial charge in [-0.2, -0.15) is 0 Å². The molecule has 1 N–H and O–H groups in total. The van der Waals surface area contributed by atoms with E-state index in [0.29, 0.717) is 0 Å². The first-order valence-electron chi connectivity index (χ1n) is 6.59. The smallest absolute Gasteiger partial charge is 0.138 e. The van der Waals surface area contributed by atoms with Gasteiger partial charge in [-0.15, -0.1) is 0 Å². The number of aryl methyl sites for hydroxylation is 4. The predicted octanol–water partition coefficient (Wildman–Crippen LogP) is 4.46. The van der Waals surface area contributed by atoms with Gasteiger partial charge in [-0.05, 0) is 50.5 Å². The van der Waals surface area contributed by atoms with Gasteiger partial charge in [0.15, 0.2) is 0 Å². The van der Waals surface area contributed by atoms with Gasteiger partial charge in [-0.1, -0.05) is 29.8 Å². The summed E-state index contributed by atoms with van der Waals surface area (Å²) in [4.78, 5) is 8.20. The summed E-state index contributed by atoms with van der Waals surface area (Å²) in [5.41, 5.74) is 8.40. The molecule has 3 aromatic rings. The fraction of sp³-hybridized carbons (Fsp3) is 0.235. The summed E-state index contributed by atoms with van der Waals surface area (Å²) in [5.74, 6) is 0.959. The van der Waals surface area contributed by atoms with E-state index in [2.05, 4.69) is 63.0 Å². The molecule has 0 amide bonds. The van der Waals surface area contributed by atoms with Crippen LogP contribution in [0.15, 0.2) is 30.3 Å². The molecule has 0 saturated heterocycles. The second-order valence-electron chi connectivity index (χ2n) is 5.38. The van der Waals surface area contributed by atoms with Crippen molar-refractivity contribution in [3.8, 4) is 11.4 Å². The van der Waals surface area contributed by atoms with Crippen molar-refractivity contribution < 1.29 is 0 Å². The molecule has 19 heavy (non-hydrogen) atoms. The van der Waals surface area contributed by atoms with Crippen molar-refractivity contribution in [2.24, 2.45) is 0 Å². The Labute approximate surface area is 113 Å². The van der Waals surface area contributed by atoms with Crippen LogP contribution in [0.4, 0.5) is 0 Å². The van der Waals surface area contributed by atoms with E-state index in [1.165, 1.54) is 27.8 Å². The van der Waals surface area contributed by atoms with E-state index < -0.39 is 0 Å². The molecule has 0 spiro atoms. The summed E-state index contributed by atoms with van der Waals surface area (Å²) in [6.07, 6.45) is 0. The van der Waals surface area contributed by atoms with Gasteiger partial charge >= 0.3 is 0 Å². The topological polar surface area (TPSA) is 28.7 Å². The average Bonchev–Trinajstić information content (AvgIpc) is 2.72. The van der Waals surface area contributed by atoms with Gasteiger partial charge in [0, 0.05) is 5.56 Å². The van der Waals surface area contributed by atoms with E-state index >= 15 is 0 Å². The second-order valence-corrected chi connectivity index (χ2v) is 5.38. The lowest BCUT2D eigenvalue weighted by Crippen LogP contribution is -1.86. The van der Waals surface area contributed by atoms with Crippen LogP contribution in [0.3, 0.4) is 0 Å². The van der Waals surface area contributed by atoms with Crippen LogP contribution >= 0.6 is 0 Å². The minimum Gasteiger partial charge on any atom is -0.338 e. The molecule has 0 bridgehead atoms. The zero-order valence-electron chi connectivity index (χ0n) is 11.8. The Hall–Kier alpha value is -2.09. The average molecular weight is 250 g/mol. The maximum absolute atomic E-state index is 4.76. The van der Waals surface area contributed by atoms with Gasteiger partial charge in [0.1, 0.15) is 5.82 Å². The molecule has 0 fully saturated rings. The highest BCUT2D eigenvalue weighted by Gasteiger charge is 2.09. The third-order valence-electron chi connectivity index (χ3n) is 3.56. The first-order chi connectivity index (χ1) is 9.04. The Morgan fingerprint density at radius 2 is 1.58 bits per heavy atom. The molecule has 0 atom stereocenters. The number of aromatic nitrogens is 2. The number of hydrogen-bond acceptors (Lipinski definition) is 1. The number of fused-ring (bicyclic) bond motifs is 1. The molecule has 0 saturated carbocycles. The molecule has 0 aliphatic carbocycles. The molecule has 3 rings (SSSR count). The Morgan fingerprint density at radius 3 is 2.32 bits per heavy atom. The van der Waals surface area contributed by atoms with Gasteiger partial charge in [0.05, 0.1) is 11.0 Å². The molecule has 2 aromatic carbocycles. The van der Waals surface area contributed by atoms with Crippen LogP contribution in [0.1, 0.15) is 22.3 Å². The van der Waals surface area contributed by atoms with Gasteiger partial charge in [0.2, 0.25) is 0 Å². The summed E-state index contributed by atoms with van der Waals surface area (Å²) < 4.78 is 0. The third kappa shape index (κ3) is 2.03. The van der Waals surface area contributed by atoms with E-state index in [1.807, 2.05) is 0 Å². The molecule has 1 aromatic heterocycles. The standard InChI is InChI=1S/C17H18N2/c1-10-5-6-14(12(3)7-10)17-18-15-9-11(2)8-13(4)16(15)19-17/h5-9H,1-4H3,(H,18,19). The zero-order chi connectivity index (χ0) is 13.6. The molecule has 96 valence electrons. The van der Waals surface area contributed by atoms with E-state index in [4.69, 9.17) is 4.98 Å². The number of nitrogens with zero attached hydrogens (tertiary/aromatic N) is 1. The second kappa shape index (κ2) is 4.23. The summed E-state index contributed by atoms with van der Waals surface area (Å²) >= 11 is 0. The van der Waals surface area contributed by atoms with Gasteiger partial charge in [0.25, 0.3) is 0 Å². The number of aromatic amines is 1. The molecule has 0 radical (unpaired) electrons. The minimum absolute atomic E-state index is 0.959. The first kappa shape index (κ1) is 12.0. The van der Waals surface area contributed by atoms with Crippen LogP contribution < -0.4 is 0 Å². The number of rotatable bonds is 1. The van der Waals surface area contributed by atoms with Crippen molar-refractivity contribution in [1.29, 1.82) is 0 Å². The third-order valence-corrected chi connectivity index (χ3v) is 3.56. The molecular weight excluding hydrogens is 232 g/mol. The van der Waals surface area contributed by atoms with Crippen LogP contribution in [0, 0.1) is 27.7 Å². The molecule has 0 aliphatic rings. The number of H-pyrrole nitrogens is 1. The highest BCUT2D eigenvalue weighted by molar-refractivity contribution is 5.83. The van der Waals surface area contributed by atoms with E-state index in [0.717, 1.165) is 16.9 Å². The number of imidazole rings is 1. The Bertz CT molecular complexity index is 766. The fourth-order valence-corrected chi connectivity index (χ4v) is 2.68. The lowest BCUT2D eigenvalue weighted by Gasteiger charge is -2.03. The Balaban J connectivity index is 2.23. The minimum atomic E-state index is 0.959. The van der Waals surface area contributed by atoms with Crippen molar-refractivity contribution in [2.45, 2.75) is 27.7 Å². The quantitative estimate of drug-likeness (QED) is 0.678. The molecule has 2 nitrogen and oxygen atoms in total.